The van der Waals surface area contributed by atoms with E-state index in [1.165, 1.54) is 50.2 Å². The average Bonchev–Trinajstić information content (AvgIpc) is 2.86. The number of ether oxygens (including phenoxy) is 4. The monoisotopic (exact) mass is 526 g/mol. The van der Waals surface area contributed by atoms with Gasteiger partial charge < -0.3 is 29.2 Å². The Morgan fingerprint density at radius 2 is 1.16 bits per heavy atom. The first-order valence-electron chi connectivity index (χ1n) is 11.7. The molecule has 0 atom stereocenters. The van der Waals surface area contributed by atoms with Crippen LogP contribution in [0.1, 0.15) is 60.2 Å². The van der Waals surface area contributed by atoms with Crippen molar-refractivity contribution in [1.29, 1.82) is 0 Å². The molecule has 0 bridgehead atoms. The molecular weight excluding hydrogens is 496 g/mol. The van der Waals surface area contributed by atoms with Gasteiger partial charge in [0.2, 0.25) is 0 Å². The van der Waals surface area contributed by atoms with Gasteiger partial charge in [-0.2, -0.15) is 0 Å². The summed E-state index contributed by atoms with van der Waals surface area (Å²) in [4.78, 5) is 47.0. The summed E-state index contributed by atoms with van der Waals surface area (Å²) in [5, 5.41) is 18.1. The van der Waals surface area contributed by atoms with Crippen LogP contribution in [0.25, 0.3) is 0 Å². The van der Waals surface area contributed by atoms with Crippen molar-refractivity contribution in [2.75, 3.05) is 6.61 Å². The molecule has 0 aliphatic rings. The van der Waals surface area contributed by atoms with Gasteiger partial charge in [-0.15, -0.1) is 0 Å². The van der Waals surface area contributed by atoms with Gasteiger partial charge in [0, 0.05) is 11.1 Å². The van der Waals surface area contributed by atoms with Gasteiger partial charge in [-0.25, -0.2) is 19.2 Å². The van der Waals surface area contributed by atoms with Crippen LogP contribution in [0.4, 0.5) is 0 Å². The van der Waals surface area contributed by atoms with Crippen LogP contribution in [0.15, 0.2) is 72.8 Å². The molecule has 0 saturated carbocycles. The van der Waals surface area contributed by atoms with Crippen LogP contribution in [-0.2, 0) is 19.1 Å². The molecule has 2 aromatic rings. The van der Waals surface area contributed by atoms with Gasteiger partial charge in [-0.3, -0.25) is 0 Å². The van der Waals surface area contributed by atoms with E-state index >= 15 is 0 Å². The fourth-order valence-electron chi connectivity index (χ4n) is 3.02. The minimum absolute atomic E-state index is 0.0124. The third-order valence-corrected chi connectivity index (χ3v) is 5.07. The Kier molecular flexibility index (Phi) is 10.6. The standard InChI is InChI=1S/C28H30O10/c1-18(2)26(33)37-28(38-27(34)19(3)4,36-23-14-10-21(11-15-23)25(31)32)16-6-5-7-17-35-22-12-8-20(9-13-22)24(29)30/h8-15H,1,3,5-7,16-17H2,2,4H3,(H,29,30)(H,31,32). The highest BCUT2D eigenvalue weighted by atomic mass is 16.9. The van der Waals surface area contributed by atoms with Gasteiger partial charge in [0.15, 0.2) is 0 Å². The molecule has 10 heteroatoms. The lowest BCUT2D eigenvalue weighted by Gasteiger charge is -2.32. The van der Waals surface area contributed by atoms with Gasteiger partial charge in [0.25, 0.3) is 0 Å². The van der Waals surface area contributed by atoms with Crippen LogP contribution in [0.3, 0.4) is 0 Å². The maximum atomic E-state index is 12.5. The van der Waals surface area contributed by atoms with Crippen LogP contribution >= 0.6 is 0 Å². The zero-order chi connectivity index (χ0) is 28.3. The van der Waals surface area contributed by atoms with Gasteiger partial charge in [0.05, 0.1) is 24.2 Å². The molecule has 0 unspecified atom stereocenters. The van der Waals surface area contributed by atoms with Crippen molar-refractivity contribution < 1.29 is 48.3 Å². The molecule has 0 aliphatic heterocycles. The van der Waals surface area contributed by atoms with Crippen LogP contribution < -0.4 is 9.47 Å². The summed E-state index contributed by atoms with van der Waals surface area (Å²) in [6, 6.07) is 11.3. The molecule has 0 spiro atoms. The molecule has 0 radical (unpaired) electrons. The molecule has 10 nitrogen and oxygen atoms in total. The number of carbonyl (C=O) groups excluding carboxylic acids is 2. The molecule has 0 heterocycles. The SMILES string of the molecule is C=C(C)C(=O)OC(CCCCCOc1ccc(C(=O)O)cc1)(OC(=O)C(=C)C)Oc1ccc(C(=O)O)cc1. The summed E-state index contributed by atoms with van der Waals surface area (Å²) in [6.45, 7) is 10.3. The lowest BCUT2D eigenvalue weighted by molar-refractivity contribution is -0.309. The van der Waals surface area contributed by atoms with Crippen molar-refractivity contribution in [2.45, 2.75) is 45.5 Å². The number of carboxylic acids is 2. The van der Waals surface area contributed by atoms with Crippen molar-refractivity contribution in [3.63, 3.8) is 0 Å². The number of hydrogen-bond donors (Lipinski definition) is 2. The molecule has 0 aromatic heterocycles. The fourth-order valence-corrected chi connectivity index (χ4v) is 3.02. The van der Waals surface area contributed by atoms with E-state index in [1.54, 1.807) is 12.1 Å². The molecular formula is C28H30O10. The minimum atomic E-state index is -2.16. The Bertz CT molecular complexity index is 1150. The zero-order valence-electron chi connectivity index (χ0n) is 21.2. The zero-order valence-corrected chi connectivity index (χ0v) is 21.2. The Morgan fingerprint density at radius 1 is 0.711 bits per heavy atom. The highest BCUT2D eigenvalue weighted by molar-refractivity contribution is 5.89. The predicted octanol–water partition coefficient (Wildman–Crippen LogP) is 4.99. The van der Waals surface area contributed by atoms with E-state index in [0.717, 1.165) is 0 Å². The smallest absolute Gasteiger partial charge is 0.421 e. The first-order chi connectivity index (χ1) is 17.9. The highest BCUT2D eigenvalue weighted by Crippen LogP contribution is 2.29. The molecule has 0 amide bonds. The first-order valence-corrected chi connectivity index (χ1v) is 11.7. The third-order valence-electron chi connectivity index (χ3n) is 5.07. The van der Waals surface area contributed by atoms with Crippen molar-refractivity contribution in [3.8, 4) is 11.5 Å². The molecule has 38 heavy (non-hydrogen) atoms. The Labute approximate surface area is 220 Å². The van der Waals surface area contributed by atoms with Crippen molar-refractivity contribution in [2.24, 2.45) is 0 Å². The maximum absolute atomic E-state index is 12.5. The predicted molar refractivity (Wildman–Crippen MR) is 136 cm³/mol. The van der Waals surface area contributed by atoms with E-state index in [0.29, 0.717) is 31.6 Å². The van der Waals surface area contributed by atoms with Crippen LogP contribution in [0.5, 0.6) is 11.5 Å². The summed E-state index contributed by atoms with van der Waals surface area (Å²) in [5.41, 5.74) is 0.263. The molecule has 0 fully saturated rings. The van der Waals surface area contributed by atoms with Crippen molar-refractivity contribution in [3.05, 3.63) is 84.0 Å². The van der Waals surface area contributed by atoms with Gasteiger partial charge >= 0.3 is 29.9 Å². The normalized spacial score (nSPS) is 10.7. The number of esters is 2. The number of carbonyl (C=O) groups is 4. The van der Waals surface area contributed by atoms with E-state index in [1.807, 2.05) is 0 Å². The Morgan fingerprint density at radius 3 is 1.58 bits per heavy atom. The topological polar surface area (TPSA) is 146 Å². The first kappa shape index (κ1) is 29.6. The van der Waals surface area contributed by atoms with Gasteiger partial charge in [0.1, 0.15) is 11.5 Å². The molecule has 2 N–H and O–H groups in total. The van der Waals surface area contributed by atoms with Gasteiger partial charge in [-0.1, -0.05) is 13.2 Å². The Balaban J connectivity index is 2.12. The number of hydrogen-bond acceptors (Lipinski definition) is 8. The summed E-state index contributed by atoms with van der Waals surface area (Å²) in [7, 11) is 0. The molecule has 0 saturated heterocycles. The van der Waals surface area contributed by atoms with E-state index < -0.39 is 29.9 Å². The quantitative estimate of drug-likeness (QED) is 0.141. The number of unbranched alkanes of at least 4 members (excludes halogenated alkanes) is 2. The summed E-state index contributed by atoms with van der Waals surface area (Å²) in [6.07, 6.45) is 1.46. The molecule has 0 aliphatic carbocycles. The summed E-state index contributed by atoms with van der Waals surface area (Å²) >= 11 is 0. The van der Waals surface area contributed by atoms with Crippen molar-refractivity contribution >= 4 is 23.9 Å². The van der Waals surface area contributed by atoms with Crippen LogP contribution in [-0.4, -0.2) is 46.7 Å². The second-order valence-electron chi connectivity index (χ2n) is 8.44. The number of rotatable bonds is 15. The molecule has 2 rings (SSSR count). The Hall–Kier alpha value is -4.60. The average molecular weight is 527 g/mol. The number of aromatic carboxylic acids is 2. The lowest BCUT2D eigenvalue weighted by Crippen LogP contribution is -2.46. The van der Waals surface area contributed by atoms with E-state index in [4.69, 9.17) is 29.2 Å². The van der Waals surface area contributed by atoms with Crippen molar-refractivity contribution in [1.82, 2.24) is 0 Å². The maximum Gasteiger partial charge on any atom is 0.421 e. The minimum Gasteiger partial charge on any atom is -0.494 e. The van der Waals surface area contributed by atoms with Gasteiger partial charge in [-0.05, 0) is 81.6 Å². The van der Waals surface area contributed by atoms with E-state index in [2.05, 4.69) is 13.2 Å². The summed E-state index contributed by atoms with van der Waals surface area (Å²) < 4.78 is 22.4. The second kappa shape index (κ2) is 13.6. The molecule has 2 aromatic carbocycles. The van der Waals surface area contributed by atoms with Crippen LogP contribution in [0, 0.1) is 0 Å². The number of carboxylic acid groups (broad SMARTS) is 2. The largest absolute Gasteiger partial charge is 0.494 e. The second-order valence-corrected chi connectivity index (χ2v) is 8.44. The molecule has 202 valence electrons. The fraction of sp³-hybridized carbons (Fsp3) is 0.286. The summed E-state index contributed by atoms with van der Waals surface area (Å²) in [5.74, 6) is -5.41. The van der Waals surface area contributed by atoms with E-state index in [9.17, 15) is 19.2 Å². The highest BCUT2D eigenvalue weighted by Gasteiger charge is 2.42. The third kappa shape index (κ3) is 9.12. The lowest BCUT2D eigenvalue weighted by atomic mass is 10.1. The van der Waals surface area contributed by atoms with E-state index in [-0.39, 0.29) is 34.4 Å². The van der Waals surface area contributed by atoms with Crippen LogP contribution in [0.2, 0.25) is 0 Å². The number of benzene rings is 2.